The minimum Gasteiger partial charge on any atom is -0.466 e. The molecule has 1 heterocycles. The summed E-state index contributed by atoms with van der Waals surface area (Å²) in [5.74, 6) is -0.385. The molecule has 1 N–H and O–H groups in total. The summed E-state index contributed by atoms with van der Waals surface area (Å²) in [6, 6.07) is 7.58. The van der Waals surface area contributed by atoms with E-state index in [9.17, 15) is 14.4 Å². The molecule has 6 heteroatoms. The van der Waals surface area contributed by atoms with Gasteiger partial charge in [0.1, 0.15) is 0 Å². The summed E-state index contributed by atoms with van der Waals surface area (Å²) in [4.78, 5) is 36.3. The molecule has 0 unspecified atom stereocenters. The minimum absolute atomic E-state index is 0.0929. The lowest BCUT2D eigenvalue weighted by atomic mass is 10.2. The molecule has 1 aliphatic rings. The Morgan fingerprint density at radius 2 is 1.96 bits per heavy atom. The highest BCUT2D eigenvalue weighted by atomic mass is 16.5. The first-order valence-electron chi connectivity index (χ1n) is 7.91. The fraction of sp³-hybridized carbons (Fsp3) is 0.471. The van der Waals surface area contributed by atoms with Crippen LogP contribution in [0.5, 0.6) is 0 Å². The number of carbonyl (C=O) groups is 3. The molecular formula is C17H22N2O4. The van der Waals surface area contributed by atoms with Crippen LogP contribution in [0.2, 0.25) is 0 Å². The van der Waals surface area contributed by atoms with Gasteiger partial charge in [-0.1, -0.05) is 12.1 Å². The van der Waals surface area contributed by atoms with Gasteiger partial charge in [-0.15, -0.1) is 0 Å². The molecule has 1 aliphatic heterocycles. The molecule has 0 radical (unpaired) electrons. The summed E-state index contributed by atoms with van der Waals surface area (Å²) in [6.45, 7) is 3.22. The molecule has 0 aromatic heterocycles. The lowest BCUT2D eigenvalue weighted by Gasteiger charge is -2.16. The molecule has 0 atom stereocenters. The first-order valence-corrected chi connectivity index (χ1v) is 7.91. The second kappa shape index (κ2) is 8.31. The number of carbonyl (C=O) groups excluding carboxylic acids is 3. The number of nitrogens with one attached hydrogen (secondary N) is 1. The van der Waals surface area contributed by atoms with Gasteiger partial charge in [-0.3, -0.25) is 14.4 Å². The van der Waals surface area contributed by atoms with E-state index in [0.29, 0.717) is 19.6 Å². The van der Waals surface area contributed by atoms with Crippen LogP contribution >= 0.6 is 0 Å². The molecule has 2 rings (SSSR count). The number of ether oxygens (including phenoxy) is 1. The maximum Gasteiger partial charge on any atom is 0.306 e. The minimum atomic E-state index is -0.359. The zero-order valence-corrected chi connectivity index (χ0v) is 13.3. The molecule has 6 nitrogen and oxygen atoms in total. The molecule has 1 fully saturated rings. The molecule has 0 aliphatic carbocycles. The average molecular weight is 318 g/mol. The number of benzene rings is 1. The van der Waals surface area contributed by atoms with Gasteiger partial charge < -0.3 is 15.0 Å². The molecule has 0 saturated carbocycles. The van der Waals surface area contributed by atoms with E-state index in [4.69, 9.17) is 4.74 Å². The third-order valence-electron chi connectivity index (χ3n) is 3.67. The maximum absolute atomic E-state index is 11.7. The summed E-state index contributed by atoms with van der Waals surface area (Å²) in [6.07, 6.45) is 1.73. The highest BCUT2D eigenvalue weighted by Crippen LogP contribution is 2.21. The van der Waals surface area contributed by atoms with Crippen LogP contribution in [0.15, 0.2) is 24.3 Å². The van der Waals surface area contributed by atoms with Crippen LogP contribution in [0.1, 0.15) is 38.2 Å². The second-order valence-electron chi connectivity index (χ2n) is 5.40. The van der Waals surface area contributed by atoms with Gasteiger partial charge in [-0.2, -0.15) is 0 Å². The number of rotatable bonds is 7. The number of hydrogen-bond donors (Lipinski definition) is 1. The van der Waals surface area contributed by atoms with Crippen molar-refractivity contribution in [1.29, 1.82) is 0 Å². The molecule has 23 heavy (non-hydrogen) atoms. The Morgan fingerprint density at radius 1 is 1.22 bits per heavy atom. The lowest BCUT2D eigenvalue weighted by Crippen LogP contribution is -2.24. The van der Waals surface area contributed by atoms with Gasteiger partial charge in [-0.05, 0) is 31.0 Å². The monoisotopic (exact) mass is 318 g/mol. The normalized spacial score (nSPS) is 14.0. The van der Waals surface area contributed by atoms with E-state index < -0.39 is 0 Å². The van der Waals surface area contributed by atoms with Crippen molar-refractivity contribution in [2.75, 3.05) is 18.1 Å². The smallest absolute Gasteiger partial charge is 0.306 e. The average Bonchev–Trinajstić information content (AvgIpc) is 2.98. The van der Waals surface area contributed by atoms with E-state index in [1.165, 1.54) is 0 Å². The number of esters is 1. The Labute approximate surface area is 135 Å². The summed E-state index contributed by atoms with van der Waals surface area (Å²) in [5.41, 5.74) is 1.84. The Kier molecular flexibility index (Phi) is 6.14. The van der Waals surface area contributed by atoms with Crippen molar-refractivity contribution in [2.45, 2.75) is 39.2 Å². The number of nitrogens with zero attached hydrogens (tertiary/aromatic N) is 1. The summed E-state index contributed by atoms with van der Waals surface area (Å²) in [7, 11) is 0. The summed E-state index contributed by atoms with van der Waals surface area (Å²) < 4.78 is 4.77. The third kappa shape index (κ3) is 5.09. The van der Waals surface area contributed by atoms with Crippen molar-refractivity contribution in [2.24, 2.45) is 0 Å². The molecule has 2 amide bonds. The van der Waals surface area contributed by atoms with Crippen molar-refractivity contribution in [3.8, 4) is 0 Å². The van der Waals surface area contributed by atoms with E-state index in [2.05, 4.69) is 5.32 Å². The van der Waals surface area contributed by atoms with Crippen LogP contribution in [0.3, 0.4) is 0 Å². The van der Waals surface area contributed by atoms with E-state index in [-0.39, 0.29) is 30.6 Å². The standard InChI is InChI=1S/C17H22N2O4/c1-2-23-17(22)10-9-15(20)18-12-13-5-7-14(8-6-13)19-11-3-4-16(19)21/h5-8H,2-4,9-12H2,1H3,(H,18,20). The van der Waals surface area contributed by atoms with Crippen molar-refractivity contribution in [3.63, 3.8) is 0 Å². The lowest BCUT2D eigenvalue weighted by molar-refractivity contribution is -0.144. The fourth-order valence-corrected chi connectivity index (χ4v) is 2.45. The zero-order valence-electron chi connectivity index (χ0n) is 13.3. The largest absolute Gasteiger partial charge is 0.466 e. The van der Waals surface area contributed by atoms with Crippen LogP contribution in [0, 0.1) is 0 Å². The van der Waals surface area contributed by atoms with Crippen molar-refractivity contribution < 1.29 is 19.1 Å². The molecule has 1 saturated heterocycles. The Hall–Kier alpha value is -2.37. The number of anilines is 1. The van der Waals surface area contributed by atoms with E-state index in [0.717, 1.165) is 24.2 Å². The van der Waals surface area contributed by atoms with Gasteiger partial charge in [0.05, 0.1) is 13.0 Å². The number of amides is 2. The topological polar surface area (TPSA) is 75.7 Å². The molecule has 1 aromatic carbocycles. The van der Waals surface area contributed by atoms with Crippen molar-refractivity contribution in [1.82, 2.24) is 5.32 Å². The van der Waals surface area contributed by atoms with Crippen LogP contribution in [0.4, 0.5) is 5.69 Å². The molecular weight excluding hydrogens is 296 g/mol. The van der Waals surface area contributed by atoms with Gasteiger partial charge in [0, 0.05) is 31.6 Å². The predicted octanol–water partition coefficient (Wildman–Crippen LogP) is 1.77. The van der Waals surface area contributed by atoms with Crippen molar-refractivity contribution >= 4 is 23.5 Å². The summed E-state index contributed by atoms with van der Waals surface area (Å²) >= 11 is 0. The van der Waals surface area contributed by atoms with Gasteiger partial charge in [-0.25, -0.2) is 0 Å². The molecule has 0 bridgehead atoms. The highest BCUT2D eigenvalue weighted by Gasteiger charge is 2.21. The van der Waals surface area contributed by atoms with Gasteiger partial charge in [0.15, 0.2) is 0 Å². The van der Waals surface area contributed by atoms with Crippen LogP contribution < -0.4 is 10.2 Å². The molecule has 124 valence electrons. The van der Waals surface area contributed by atoms with Gasteiger partial charge in [0.25, 0.3) is 0 Å². The van der Waals surface area contributed by atoms with E-state index in [1.807, 2.05) is 24.3 Å². The summed E-state index contributed by atoms with van der Waals surface area (Å²) in [5, 5.41) is 2.77. The highest BCUT2D eigenvalue weighted by molar-refractivity contribution is 5.95. The Balaban J connectivity index is 1.76. The zero-order chi connectivity index (χ0) is 16.7. The van der Waals surface area contributed by atoms with E-state index in [1.54, 1.807) is 11.8 Å². The number of hydrogen-bond acceptors (Lipinski definition) is 4. The first-order chi connectivity index (χ1) is 11.1. The maximum atomic E-state index is 11.7. The van der Waals surface area contributed by atoms with E-state index >= 15 is 0 Å². The Morgan fingerprint density at radius 3 is 2.57 bits per heavy atom. The van der Waals surface area contributed by atoms with Crippen molar-refractivity contribution in [3.05, 3.63) is 29.8 Å². The third-order valence-corrected chi connectivity index (χ3v) is 3.67. The molecule has 0 spiro atoms. The first kappa shape index (κ1) is 17.0. The van der Waals surface area contributed by atoms with Crippen LogP contribution in [-0.4, -0.2) is 30.9 Å². The van der Waals surface area contributed by atoms with Gasteiger partial charge >= 0.3 is 5.97 Å². The SMILES string of the molecule is CCOC(=O)CCC(=O)NCc1ccc(N2CCCC2=O)cc1. The molecule has 1 aromatic rings. The van der Waals surface area contributed by atoms with Crippen LogP contribution in [-0.2, 0) is 25.7 Å². The Bertz CT molecular complexity index is 568. The predicted molar refractivity (Wildman–Crippen MR) is 85.7 cm³/mol. The van der Waals surface area contributed by atoms with Gasteiger partial charge in [0.2, 0.25) is 11.8 Å². The fourth-order valence-electron chi connectivity index (χ4n) is 2.45. The quantitative estimate of drug-likeness (QED) is 0.778. The van der Waals surface area contributed by atoms with Crippen LogP contribution in [0.25, 0.3) is 0 Å². The second-order valence-corrected chi connectivity index (χ2v) is 5.40.